The Labute approximate surface area is 161 Å². The van der Waals surface area contributed by atoms with Crippen LogP contribution in [0.3, 0.4) is 0 Å². The van der Waals surface area contributed by atoms with Gasteiger partial charge in [0.1, 0.15) is 0 Å². The van der Waals surface area contributed by atoms with Gasteiger partial charge >= 0.3 is 0 Å². The molecule has 0 aliphatic carbocycles. The molecule has 3 rings (SSSR count). The molecule has 0 radical (unpaired) electrons. The Morgan fingerprint density at radius 3 is 2.15 bits per heavy atom. The number of likely N-dealkylation sites (N-methyl/N-ethyl adjacent to an activating group) is 1. The zero-order chi connectivity index (χ0) is 19.2. The van der Waals surface area contributed by atoms with E-state index < -0.39 is 0 Å². The molecule has 0 spiro atoms. The summed E-state index contributed by atoms with van der Waals surface area (Å²) < 4.78 is 0. The van der Waals surface area contributed by atoms with Crippen LogP contribution in [-0.4, -0.2) is 24.3 Å². The fourth-order valence-corrected chi connectivity index (χ4v) is 3.17. The van der Waals surface area contributed by atoms with Crippen LogP contribution in [0.15, 0.2) is 85.5 Å². The van der Waals surface area contributed by atoms with Crippen LogP contribution in [0.5, 0.6) is 0 Å². The highest BCUT2D eigenvalue weighted by molar-refractivity contribution is 6.09. The highest BCUT2D eigenvalue weighted by Gasteiger charge is 2.09. The van der Waals surface area contributed by atoms with E-state index in [1.807, 2.05) is 61.5 Å². The third-order valence-corrected chi connectivity index (χ3v) is 4.61. The molecule has 0 bridgehead atoms. The summed E-state index contributed by atoms with van der Waals surface area (Å²) in [5, 5.41) is 0. The molecule has 27 heavy (non-hydrogen) atoms. The zero-order valence-corrected chi connectivity index (χ0v) is 16.0. The Hall–Kier alpha value is -2.97. The van der Waals surface area contributed by atoms with Crippen molar-refractivity contribution in [3.63, 3.8) is 0 Å². The number of hydrogen-bond donors (Lipinski definition) is 0. The van der Waals surface area contributed by atoms with E-state index in [1.54, 1.807) is 0 Å². The molecule has 136 valence electrons. The molecule has 0 N–H and O–H groups in total. The Morgan fingerprint density at radius 2 is 1.56 bits per heavy atom. The maximum atomic E-state index is 12.6. The van der Waals surface area contributed by atoms with Crippen molar-refractivity contribution < 1.29 is 4.79 Å². The van der Waals surface area contributed by atoms with Crippen LogP contribution < -0.4 is 0 Å². The lowest BCUT2D eigenvalue weighted by Crippen LogP contribution is -2.17. The molecule has 2 heteroatoms. The number of aryl methyl sites for hydroxylation is 1. The van der Waals surface area contributed by atoms with Crippen molar-refractivity contribution in [3.05, 3.63) is 108 Å². The number of hydrogen-bond acceptors (Lipinski definition) is 2. The second kappa shape index (κ2) is 8.61. The molecule has 0 aliphatic rings. The molecule has 3 aromatic rings. The molecule has 0 amide bonds. The van der Waals surface area contributed by atoms with Gasteiger partial charge in [0.05, 0.1) is 0 Å². The van der Waals surface area contributed by atoms with Crippen LogP contribution in [0.4, 0.5) is 0 Å². The number of benzene rings is 3. The van der Waals surface area contributed by atoms with E-state index in [0.717, 1.165) is 35.3 Å². The minimum Gasteiger partial charge on any atom is -0.298 e. The molecular weight excluding hydrogens is 330 g/mol. The van der Waals surface area contributed by atoms with E-state index in [9.17, 15) is 4.79 Å². The van der Waals surface area contributed by atoms with E-state index >= 15 is 0 Å². The fraction of sp³-hybridized carbons (Fsp3) is 0.160. The lowest BCUT2D eigenvalue weighted by Gasteiger charge is -2.14. The number of carbonyl (C=O) groups excluding carboxylic acids is 1. The van der Waals surface area contributed by atoms with Crippen LogP contribution >= 0.6 is 0 Å². The average Bonchev–Trinajstić information content (AvgIpc) is 2.68. The van der Waals surface area contributed by atoms with Crippen LogP contribution in [0.2, 0.25) is 0 Å². The maximum Gasteiger partial charge on any atom is 0.193 e. The lowest BCUT2D eigenvalue weighted by atomic mass is 9.98. The standard InChI is InChI=1S/C25H25NO/c1-4-16-26(3)18-20-8-10-21(11-9-20)22-12-14-23(15-13-22)25(27)24-7-5-6-19(2)17-24/h4-15,17H,1,16,18H2,2-3H3. The minimum atomic E-state index is 0.0610. The second-order valence-electron chi connectivity index (χ2n) is 6.96. The maximum absolute atomic E-state index is 12.6. The van der Waals surface area contributed by atoms with Gasteiger partial charge in [-0.2, -0.15) is 0 Å². The normalized spacial score (nSPS) is 10.8. The summed E-state index contributed by atoms with van der Waals surface area (Å²) in [7, 11) is 2.08. The van der Waals surface area contributed by atoms with Gasteiger partial charge in [0.2, 0.25) is 0 Å². The van der Waals surface area contributed by atoms with Crippen molar-refractivity contribution in [3.8, 4) is 11.1 Å². The van der Waals surface area contributed by atoms with Gasteiger partial charge in [-0.05, 0) is 36.7 Å². The molecule has 0 atom stereocenters. The molecule has 3 aromatic carbocycles. The Kier molecular flexibility index (Phi) is 6.00. The minimum absolute atomic E-state index is 0.0610. The van der Waals surface area contributed by atoms with Crippen molar-refractivity contribution in [1.29, 1.82) is 0 Å². The summed E-state index contributed by atoms with van der Waals surface area (Å²) in [4.78, 5) is 14.9. The van der Waals surface area contributed by atoms with Crippen LogP contribution in [0.25, 0.3) is 11.1 Å². The molecular formula is C25H25NO. The summed E-state index contributed by atoms with van der Waals surface area (Å²) in [5.41, 5.74) is 6.08. The highest BCUT2D eigenvalue weighted by atomic mass is 16.1. The molecule has 0 aromatic heterocycles. The zero-order valence-electron chi connectivity index (χ0n) is 16.0. The Balaban J connectivity index is 1.73. The van der Waals surface area contributed by atoms with E-state index in [2.05, 4.69) is 42.8 Å². The van der Waals surface area contributed by atoms with Crippen LogP contribution in [-0.2, 0) is 6.54 Å². The number of ketones is 1. The van der Waals surface area contributed by atoms with Gasteiger partial charge in [0.25, 0.3) is 0 Å². The van der Waals surface area contributed by atoms with Crippen molar-refractivity contribution >= 4 is 5.78 Å². The largest absolute Gasteiger partial charge is 0.298 e. The predicted octanol–water partition coefficient (Wildman–Crippen LogP) is 5.51. The number of rotatable bonds is 7. The third-order valence-electron chi connectivity index (χ3n) is 4.61. The summed E-state index contributed by atoms with van der Waals surface area (Å²) in [6.07, 6.45) is 1.91. The van der Waals surface area contributed by atoms with E-state index in [1.165, 1.54) is 5.56 Å². The topological polar surface area (TPSA) is 20.3 Å². The van der Waals surface area contributed by atoms with E-state index in [-0.39, 0.29) is 5.78 Å². The first-order valence-corrected chi connectivity index (χ1v) is 9.17. The van der Waals surface area contributed by atoms with E-state index in [0.29, 0.717) is 5.56 Å². The van der Waals surface area contributed by atoms with Crippen molar-refractivity contribution in [2.24, 2.45) is 0 Å². The lowest BCUT2D eigenvalue weighted by molar-refractivity contribution is 0.103. The second-order valence-corrected chi connectivity index (χ2v) is 6.96. The smallest absolute Gasteiger partial charge is 0.193 e. The van der Waals surface area contributed by atoms with Gasteiger partial charge < -0.3 is 0 Å². The summed E-state index contributed by atoms with van der Waals surface area (Å²) >= 11 is 0. The first-order valence-electron chi connectivity index (χ1n) is 9.17. The molecule has 0 unspecified atom stereocenters. The van der Waals surface area contributed by atoms with Gasteiger partial charge in [-0.15, -0.1) is 6.58 Å². The summed E-state index contributed by atoms with van der Waals surface area (Å²) in [6.45, 7) is 7.54. The predicted molar refractivity (Wildman–Crippen MR) is 113 cm³/mol. The first-order chi connectivity index (χ1) is 13.1. The average molecular weight is 355 g/mol. The number of carbonyl (C=O) groups is 1. The van der Waals surface area contributed by atoms with Gasteiger partial charge in [-0.3, -0.25) is 9.69 Å². The van der Waals surface area contributed by atoms with Gasteiger partial charge in [-0.1, -0.05) is 78.4 Å². The molecule has 2 nitrogen and oxygen atoms in total. The molecule has 0 aliphatic heterocycles. The first kappa shape index (κ1) is 18.8. The third kappa shape index (κ3) is 4.81. The highest BCUT2D eigenvalue weighted by Crippen LogP contribution is 2.22. The Bertz CT molecular complexity index is 923. The summed E-state index contributed by atoms with van der Waals surface area (Å²) in [5.74, 6) is 0.0610. The number of nitrogens with zero attached hydrogens (tertiary/aromatic N) is 1. The van der Waals surface area contributed by atoms with Crippen molar-refractivity contribution in [2.45, 2.75) is 13.5 Å². The van der Waals surface area contributed by atoms with Crippen molar-refractivity contribution in [2.75, 3.05) is 13.6 Å². The fourth-order valence-electron chi connectivity index (χ4n) is 3.17. The van der Waals surface area contributed by atoms with Crippen LogP contribution in [0, 0.1) is 6.92 Å². The van der Waals surface area contributed by atoms with E-state index in [4.69, 9.17) is 0 Å². The summed E-state index contributed by atoms with van der Waals surface area (Å²) in [6, 6.07) is 24.1. The molecule has 0 saturated heterocycles. The molecule has 0 fully saturated rings. The van der Waals surface area contributed by atoms with Gasteiger partial charge in [0, 0.05) is 24.2 Å². The molecule has 0 heterocycles. The van der Waals surface area contributed by atoms with Gasteiger partial charge in [-0.25, -0.2) is 0 Å². The molecule has 0 saturated carbocycles. The monoisotopic (exact) mass is 355 g/mol. The van der Waals surface area contributed by atoms with Gasteiger partial charge in [0.15, 0.2) is 5.78 Å². The SMILES string of the molecule is C=CCN(C)Cc1ccc(-c2ccc(C(=O)c3cccc(C)c3)cc2)cc1. The van der Waals surface area contributed by atoms with Crippen molar-refractivity contribution in [1.82, 2.24) is 4.90 Å². The quantitative estimate of drug-likeness (QED) is 0.411. The van der Waals surface area contributed by atoms with Crippen LogP contribution in [0.1, 0.15) is 27.0 Å². The Morgan fingerprint density at radius 1 is 0.926 bits per heavy atom.